The maximum Gasteiger partial charge on any atom is 0.474 e. The zero-order valence-electron chi connectivity index (χ0n) is 23.9. The molecule has 0 radical (unpaired) electrons. The summed E-state index contributed by atoms with van der Waals surface area (Å²) in [7, 11) is -2.06. The van der Waals surface area contributed by atoms with E-state index in [9.17, 15) is 4.57 Å². The Morgan fingerprint density at radius 2 is 1.06 bits per heavy atom. The summed E-state index contributed by atoms with van der Waals surface area (Å²) in [5.74, 6) is 0. The van der Waals surface area contributed by atoms with Crippen LogP contribution in [0.2, 0.25) is 0 Å². The highest BCUT2D eigenvalue weighted by molar-refractivity contribution is 7.48. The molecule has 0 rings (SSSR count). The molecule has 0 amide bonds. The van der Waals surface area contributed by atoms with E-state index in [2.05, 4.69) is 31.7 Å². The minimum Gasteiger partial charge on any atom is -0.300 e. The van der Waals surface area contributed by atoms with E-state index in [1.54, 1.807) is 0 Å². The van der Waals surface area contributed by atoms with Crippen molar-refractivity contribution in [2.24, 2.45) is 0 Å². The minimum absolute atomic E-state index is 0.253. The lowest BCUT2D eigenvalue weighted by molar-refractivity contribution is 0.139. The van der Waals surface area contributed by atoms with Crippen molar-refractivity contribution in [1.82, 2.24) is 4.90 Å². The van der Waals surface area contributed by atoms with Crippen LogP contribution in [-0.4, -0.2) is 44.9 Å². The Bertz CT molecular complexity index is 485. The predicted molar refractivity (Wildman–Crippen MR) is 152 cm³/mol. The standard InChI is InChI=1S/C29H60NO4P/c1-5-8-11-14-17-20-25-30(26-21-18-15-12-9-6-2)27-22-24-29-34-35(31,32-4)33-28-23-19-16-13-10-7-3/h22,24H,5-21,23,25-29H2,1-4H3/b24-22+. The summed E-state index contributed by atoms with van der Waals surface area (Å²) < 4.78 is 28.6. The van der Waals surface area contributed by atoms with Gasteiger partial charge in [0.05, 0.1) is 13.2 Å². The first-order chi connectivity index (χ1) is 17.1. The second kappa shape index (κ2) is 26.9. The fourth-order valence-corrected chi connectivity index (χ4v) is 5.06. The second-order valence-electron chi connectivity index (χ2n) is 9.83. The average Bonchev–Trinajstić information content (AvgIpc) is 2.86. The van der Waals surface area contributed by atoms with Crippen molar-refractivity contribution < 1.29 is 18.1 Å². The molecule has 0 heterocycles. The molecule has 0 aliphatic carbocycles. The number of rotatable bonds is 28. The average molecular weight is 518 g/mol. The smallest absolute Gasteiger partial charge is 0.300 e. The first kappa shape index (κ1) is 34.8. The number of phosphoric acid groups is 1. The molecule has 6 heteroatoms. The summed E-state index contributed by atoms with van der Waals surface area (Å²) in [4.78, 5) is 2.56. The fraction of sp³-hybridized carbons (Fsp3) is 0.931. The van der Waals surface area contributed by atoms with Gasteiger partial charge >= 0.3 is 7.82 Å². The van der Waals surface area contributed by atoms with E-state index in [1.807, 2.05) is 6.08 Å². The van der Waals surface area contributed by atoms with Crippen molar-refractivity contribution >= 4 is 7.82 Å². The van der Waals surface area contributed by atoms with E-state index in [-0.39, 0.29) is 6.61 Å². The quantitative estimate of drug-likeness (QED) is 0.0587. The van der Waals surface area contributed by atoms with Crippen molar-refractivity contribution in [3.8, 4) is 0 Å². The summed E-state index contributed by atoms with van der Waals surface area (Å²) in [6.45, 7) is 10.7. The van der Waals surface area contributed by atoms with Gasteiger partial charge in [-0.15, -0.1) is 0 Å². The lowest BCUT2D eigenvalue weighted by Crippen LogP contribution is -2.26. The molecule has 0 spiro atoms. The largest absolute Gasteiger partial charge is 0.474 e. The third-order valence-corrected chi connectivity index (χ3v) is 7.90. The maximum atomic E-state index is 12.6. The highest BCUT2D eigenvalue weighted by atomic mass is 31.2. The molecule has 0 saturated carbocycles. The maximum absolute atomic E-state index is 12.6. The van der Waals surface area contributed by atoms with Crippen LogP contribution in [0.3, 0.4) is 0 Å². The van der Waals surface area contributed by atoms with Crippen LogP contribution < -0.4 is 0 Å². The summed E-state index contributed by atoms with van der Waals surface area (Å²) in [5.41, 5.74) is 0. The van der Waals surface area contributed by atoms with Crippen LogP contribution in [0.4, 0.5) is 0 Å². The number of hydrogen-bond donors (Lipinski definition) is 0. The Morgan fingerprint density at radius 1 is 0.600 bits per heavy atom. The molecule has 0 saturated heterocycles. The van der Waals surface area contributed by atoms with E-state index in [0.29, 0.717) is 6.61 Å². The summed E-state index contributed by atoms with van der Waals surface area (Å²) >= 11 is 0. The van der Waals surface area contributed by atoms with Gasteiger partial charge in [0.15, 0.2) is 0 Å². The monoisotopic (exact) mass is 517 g/mol. The van der Waals surface area contributed by atoms with Crippen molar-refractivity contribution in [1.29, 1.82) is 0 Å². The van der Waals surface area contributed by atoms with Gasteiger partial charge < -0.3 is 0 Å². The van der Waals surface area contributed by atoms with Gasteiger partial charge in [0, 0.05) is 13.7 Å². The Labute approximate surface area is 219 Å². The molecule has 0 aliphatic rings. The minimum atomic E-state index is -3.45. The van der Waals surface area contributed by atoms with Crippen LogP contribution in [-0.2, 0) is 18.1 Å². The van der Waals surface area contributed by atoms with Crippen LogP contribution in [0.1, 0.15) is 136 Å². The summed E-state index contributed by atoms with van der Waals surface area (Å²) in [6, 6.07) is 0. The van der Waals surface area contributed by atoms with Gasteiger partial charge in [-0.05, 0) is 32.4 Å². The van der Waals surface area contributed by atoms with Crippen LogP contribution >= 0.6 is 7.82 Å². The lowest BCUT2D eigenvalue weighted by Gasteiger charge is -2.21. The molecule has 0 aromatic rings. The van der Waals surface area contributed by atoms with E-state index < -0.39 is 7.82 Å². The molecule has 210 valence electrons. The number of nitrogens with zero attached hydrogens (tertiary/aromatic N) is 1. The van der Waals surface area contributed by atoms with Gasteiger partial charge in [-0.25, -0.2) is 4.57 Å². The first-order valence-electron chi connectivity index (χ1n) is 14.9. The second-order valence-corrected chi connectivity index (χ2v) is 11.6. The normalized spacial score (nSPS) is 13.7. The molecule has 0 fully saturated rings. The molecule has 0 aromatic heterocycles. The molecule has 0 aromatic carbocycles. The molecule has 35 heavy (non-hydrogen) atoms. The summed E-state index contributed by atoms with van der Waals surface area (Å²) in [6.07, 6.45) is 27.0. The van der Waals surface area contributed by atoms with Crippen molar-refractivity contribution in [2.45, 2.75) is 136 Å². The molecule has 0 N–H and O–H groups in total. The van der Waals surface area contributed by atoms with Gasteiger partial charge in [-0.2, -0.15) is 0 Å². The predicted octanol–water partition coefficient (Wildman–Crippen LogP) is 9.71. The summed E-state index contributed by atoms with van der Waals surface area (Å²) in [5, 5.41) is 0. The van der Waals surface area contributed by atoms with Gasteiger partial charge in [0.1, 0.15) is 0 Å². The molecule has 1 unspecified atom stereocenters. The van der Waals surface area contributed by atoms with Crippen LogP contribution in [0, 0.1) is 0 Å². The van der Waals surface area contributed by atoms with Gasteiger partial charge in [0.2, 0.25) is 0 Å². The Morgan fingerprint density at radius 3 is 1.54 bits per heavy atom. The van der Waals surface area contributed by atoms with E-state index >= 15 is 0 Å². The third kappa shape index (κ3) is 23.9. The van der Waals surface area contributed by atoms with Gasteiger partial charge in [0.25, 0.3) is 0 Å². The highest BCUT2D eigenvalue weighted by Crippen LogP contribution is 2.48. The zero-order valence-corrected chi connectivity index (χ0v) is 24.8. The Balaban J connectivity index is 4.25. The molecule has 5 nitrogen and oxygen atoms in total. The lowest BCUT2D eigenvalue weighted by atomic mass is 10.1. The van der Waals surface area contributed by atoms with Gasteiger partial charge in [-0.3, -0.25) is 18.5 Å². The first-order valence-corrected chi connectivity index (χ1v) is 16.4. The van der Waals surface area contributed by atoms with Crippen LogP contribution in [0.25, 0.3) is 0 Å². The molecular formula is C29H60NO4P. The van der Waals surface area contributed by atoms with Crippen LogP contribution in [0.15, 0.2) is 12.2 Å². The van der Waals surface area contributed by atoms with E-state index in [1.165, 1.54) is 110 Å². The van der Waals surface area contributed by atoms with Crippen molar-refractivity contribution in [3.05, 3.63) is 12.2 Å². The highest BCUT2D eigenvalue weighted by Gasteiger charge is 2.23. The third-order valence-electron chi connectivity index (χ3n) is 6.49. The van der Waals surface area contributed by atoms with Gasteiger partial charge in [-0.1, -0.05) is 129 Å². The van der Waals surface area contributed by atoms with Crippen LogP contribution in [0.5, 0.6) is 0 Å². The van der Waals surface area contributed by atoms with E-state index in [4.69, 9.17) is 13.6 Å². The Kier molecular flexibility index (Phi) is 26.7. The van der Waals surface area contributed by atoms with E-state index in [0.717, 1.165) is 32.5 Å². The Hall–Kier alpha value is -0.190. The van der Waals surface area contributed by atoms with Crippen molar-refractivity contribution in [2.75, 3.05) is 40.0 Å². The molecule has 1 atom stereocenters. The molecule has 0 bridgehead atoms. The topological polar surface area (TPSA) is 48.0 Å². The zero-order chi connectivity index (χ0) is 25.9. The number of phosphoric ester groups is 1. The fourth-order valence-electron chi connectivity index (χ4n) is 4.15. The number of hydrogen-bond acceptors (Lipinski definition) is 5. The number of unbranched alkanes of at least 4 members (excludes halogenated alkanes) is 15. The molecular weight excluding hydrogens is 457 g/mol. The SMILES string of the molecule is CCCCCCCCOP(=O)(OC)OC/C=C/CN(CCCCCCCC)CCCCCCCC. The molecule has 0 aliphatic heterocycles. The van der Waals surface area contributed by atoms with Crippen molar-refractivity contribution in [3.63, 3.8) is 0 Å².